The zero-order valence-corrected chi connectivity index (χ0v) is 12.5. The van der Waals surface area contributed by atoms with Crippen LogP contribution in [0.3, 0.4) is 0 Å². The summed E-state index contributed by atoms with van der Waals surface area (Å²) in [6.07, 6.45) is 0. The monoisotopic (exact) mass is 294 g/mol. The maximum Gasteiger partial charge on any atom is 0.289 e. The number of carbonyl (C=O) groups excluding carboxylic acids is 1. The summed E-state index contributed by atoms with van der Waals surface area (Å²) in [6.45, 7) is 6.50. The lowest BCUT2D eigenvalue weighted by Crippen LogP contribution is -2.52. The predicted molar refractivity (Wildman–Crippen MR) is 81.6 cm³/mol. The smallest absolute Gasteiger partial charge is 0.289 e. The maximum atomic E-state index is 12.5. The number of amides is 1. The van der Waals surface area contributed by atoms with Gasteiger partial charge in [0.2, 0.25) is 0 Å². The van der Waals surface area contributed by atoms with E-state index in [-0.39, 0.29) is 24.4 Å². The van der Waals surface area contributed by atoms with Gasteiger partial charge in [-0.1, -0.05) is 11.6 Å². The van der Waals surface area contributed by atoms with E-state index in [4.69, 9.17) is 4.42 Å². The molecule has 1 aromatic carbocycles. The Bertz CT molecular complexity index is 623. The number of carbonyl (C=O) groups is 1. The largest absolute Gasteiger partial charge is 0.451 e. The standard InChI is InChI=1S/C15H18N2O2.ClH/c1-10-3-4-13-12(7-10)8-14(19-13)15(18)17-6-5-16-9-11(17)2;/h3-4,7-8,11,16H,5-6,9H2,1-2H3;1H. The molecule has 1 aliphatic heterocycles. The van der Waals surface area contributed by atoms with Crippen molar-refractivity contribution in [2.45, 2.75) is 19.9 Å². The van der Waals surface area contributed by atoms with Gasteiger partial charge in [-0.2, -0.15) is 0 Å². The predicted octanol–water partition coefficient (Wildman–Crippen LogP) is 2.60. The van der Waals surface area contributed by atoms with Gasteiger partial charge in [-0.25, -0.2) is 0 Å². The number of aryl methyl sites for hydroxylation is 1. The van der Waals surface area contributed by atoms with Gasteiger partial charge in [0, 0.05) is 31.1 Å². The van der Waals surface area contributed by atoms with Crippen LogP contribution in [-0.2, 0) is 0 Å². The number of fused-ring (bicyclic) bond motifs is 1. The van der Waals surface area contributed by atoms with Gasteiger partial charge >= 0.3 is 0 Å². The van der Waals surface area contributed by atoms with Crippen molar-refractivity contribution in [2.24, 2.45) is 0 Å². The molecule has 1 aliphatic rings. The zero-order valence-electron chi connectivity index (χ0n) is 11.7. The second-order valence-corrected chi connectivity index (χ2v) is 5.20. The Morgan fingerprint density at radius 1 is 1.40 bits per heavy atom. The first-order chi connectivity index (χ1) is 9.15. The lowest BCUT2D eigenvalue weighted by Gasteiger charge is -2.33. The van der Waals surface area contributed by atoms with Crippen molar-refractivity contribution in [2.75, 3.05) is 19.6 Å². The Morgan fingerprint density at radius 3 is 2.95 bits per heavy atom. The number of furan rings is 1. The van der Waals surface area contributed by atoms with Gasteiger partial charge in [-0.3, -0.25) is 4.79 Å². The van der Waals surface area contributed by atoms with E-state index in [9.17, 15) is 4.79 Å². The van der Waals surface area contributed by atoms with Crippen LogP contribution in [0.2, 0.25) is 0 Å². The minimum atomic E-state index is -0.0112. The van der Waals surface area contributed by atoms with E-state index in [1.807, 2.05) is 36.1 Å². The first-order valence-corrected chi connectivity index (χ1v) is 6.67. The molecule has 1 unspecified atom stereocenters. The molecule has 1 fully saturated rings. The molecule has 1 N–H and O–H groups in total. The van der Waals surface area contributed by atoms with E-state index in [2.05, 4.69) is 12.2 Å². The van der Waals surface area contributed by atoms with Gasteiger partial charge in [0.25, 0.3) is 5.91 Å². The van der Waals surface area contributed by atoms with Gasteiger partial charge in [0.05, 0.1) is 0 Å². The number of benzene rings is 1. The fraction of sp³-hybridized carbons (Fsp3) is 0.400. The fourth-order valence-electron chi connectivity index (χ4n) is 2.55. The quantitative estimate of drug-likeness (QED) is 0.879. The molecular formula is C15H19ClN2O2. The topological polar surface area (TPSA) is 45.5 Å². The molecule has 20 heavy (non-hydrogen) atoms. The molecule has 5 heteroatoms. The number of halogens is 1. The lowest BCUT2D eigenvalue weighted by molar-refractivity contribution is 0.0625. The van der Waals surface area contributed by atoms with Gasteiger partial charge in [-0.15, -0.1) is 12.4 Å². The van der Waals surface area contributed by atoms with Crippen molar-refractivity contribution in [1.29, 1.82) is 0 Å². The van der Waals surface area contributed by atoms with Crippen molar-refractivity contribution < 1.29 is 9.21 Å². The molecule has 0 bridgehead atoms. The Labute approximate surface area is 124 Å². The highest BCUT2D eigenvalue weighted by atomic mass is 35.5. The molecule has 2 aromatic rings. The third kappa shape index (κ3) is 2.67. The van der Waals surface area contributed by atoms with E-state index in [0.717, 1.165) is 30.6 Å². The average molecular weight is 295 g/mol. The SMILES string of the molecule is Cc1ccc2oc(C(=O)N3CCNCC3C)cc2c1.Cl. The second-order valence-electron chi connectivity index (χ2n) is 5.20. The van der Waals surface area contributed by atoms with Crippen molar-refractivity contribution >= 4 is 29.3 Å². The number of piperazine rings is 1. The molecular weight excluding hydrogens is 276 g/mol. The molecule has 108 valence electrons. The summed E-state index contributed by atoms with van der Waals surface area (Å²) < 4.78 is 5.67. The van der Waals surface area contributed by atoms with Crippen molar-refractivity contribution in [3.05, 3.63) is 35.6 Å². The van der Waals surface area contributed by atoms with Crippen LogP contribution in [0.1, 0.15) is 23.0 Å². The highest BCUT2D eigenvalue weighted by Gasteiger charge is 2.26. The third-order valence-electron chi connectivity index (χ3n) is 3.64. The van der Waals surface area contributed by atoms with Crippen LogP contribution in [0.4, 0.5) is 0 Å². The molecule has 0 saturated carbocycles. The number of hydrogen-bond acceptors (Lipinski definition) is 3. The van der Waals surface area contributed by atoms with Crippen molar-refractivity contribution in [3.8, 4) is 0 Å². The number of hydrogen-bond donors (Lipinski definition) is 1. The summed E-state index contributed by atoms with van der Waals surface area (Å²) in [5.74, 6) is 0.428. The summed E-state index contributed by atoms with van der Waals surface area (Å²) in [6, 6.07) is 8.00. The Kier molecular flexibility index (Phi) is 4.35. The Morgan fingerprint density at radius 2 is 2.20 bits per heavy atom. The Hall–Kier alpha value is -1.52. The van der Waals surface area contributed by atoms with Crippen LogP contribution < -0.4 is 5.32 Å². The average Bonchev–Trinajstić information content (AvgIpc) is 2.81. The summed E-state index contributed by atoms with van der Waals surface area (Å²) in [7, 11) is 0. The summed E-state index contributed by atoms with van der Waals surface area (Å²) >= 11 is 0. The van der Waals surface area contributed by atoms with E-state index in [1.165, 1.54) is 5.56 Å². The summed E-state index contributed by atoms with van der Waals surface area (Å²) in [5.41, 5.74) is 1.94. The van der Waals surface area contributed by atoms with Crippen LogP contribution in [-0.4, -0.2) is 36.5 Å². The van der Waals surface area contributed by atoms with Crippen molar-refractivity contribution in [1.82, 2.24) is 10.2 Å². The molecule has 0 aliphatic carbocycles. The minimum Gasteiger partial charge on any atom is -0.451 e. The summed E-state index contributed by atoms with van der Waals surface area (Å²) in [4.78, 5) is 14.3. The molecule has 3 rings (SSSR count). The maximum absolute atomic E-state index is 12.5. The van der Waals surface area contributed by atoms with Crippen LogP contribution in [0.15, 0.2) is 28.7 Å². The van der Waals surface area contributed by atoms with Crippen LogP contribution in [0.5, 0.6) is 0 Å². The van der Waals surface area contributed by atoms with E-state index in [0.29, 0.717) is 5.76 Å². The third-order valence-corrected chi connectivity index (χ3v) is 3.64. The van der Waals surface area contributed by atoms with E-state index >= 15 is 0 Å². The fourth-order valence-corrected chi connectivity index (χ4v) is 2.55. The van der Waals surface area contributed by atoms with Crippen LogP contribution in [0.25, 0.3) is 11.0 Å². The van der Waals surface area contributed by atoms with Crippen molar-refractivity contribution in [3.63, 3.8) is 0 Å². The highest BCUT2D eigenvalue weighted by Crippen LogP contribution is 2.22. The molecule has 1 aromatic heterocycles. The molecule has 1 atom stereocenters. The van der Waals surface area contributed by atoms with E-state index in [1.54, 1.807) is 0 Å². The van der Waals surface area contributed by atoms with Gasteiger partial charge in [0.1, 0.15) is 5.58 Å². The van der Waals surface area contributed by atoms with Gasteiger partial charge in [-0.05, 0) is 32.0 Å². The van der Waals surface area contributed by atoms with Crippen LogP contribution >= 0.6 is 12.4 Å². The second kappa shape index (κ2) is 5.85. The lowest BCUT2D eigenvalue weighted by atomic mass is 10.1. The molecule has 1 amide bonds. The first kappa shape index (κ1) is 14.9. The highest BCUT2D eigenvalue weighted by molar-refractivity contribution is 5.96. The molecule has 2 heterocycles. The number of nitrogens with zero attached hydrogens (tertiary/aromatic N) is 1. The molecule has 0 spiro atoms. The summed E-state index contributed by atoms with van der Waals surface area (Å²) in [5, 5.41) is 4.27. The number of rotatable bonds is 1. The molecule has 0 radical (unpaired) electrons. The molecule has 1 saturated heterocycles. The molecule has 4 nitrogen and oxygen atoms in total. The van der Waals surface area contributed by atoms with Crippen LogP contribution in [0, 0.1) is 6.92 Å². The Balaban J connectivity index is 0.00000147. The normalized spacial score (nSPS) is 18.9. The van der Waals surface area contributed by atoms with Gasteiger partial charge < -0.3 is 14.6 Å². The minimum absolute atomic E-state index is 0. The number of nitrogens with one attached hydrogen (secondary N) is 1. The van der Waals surface area contributed by atoms with Gasteiger partial charge in [0.15, 0.2) is 5.76 Å². The van der Waals surface area contributed by atoms with E-state index < -0.39 is 0 Å². The zero-order chi connectivity index (χ0) is 13.4. The first-order valence-electron chi connectivity index (χ1n) is 6.67.